The summed E-state index contributed by atoms with van der Waals surface area (Å²) >= 11 is 5.93. The maximum absolute atomic E-state index is 12.9. The number of rotatable bonds is 7. The van der Waals surface area contributed by atoms with Crippen LogP contribution in [0.3, 0.4) is 0 Å². The van der Waals surface area contributed by atoms with E-state index in [1.807, 2.05) is 68.4 Å². The number of hydrogen-bond donors (Lipinski definition) is 0. The van der Waals surface area contributed by atoms with Crippen molar-refractivity contribution in [2.24, 2.45) is 0 Å². The lowest BCUT2D eigenvalue weighted by Gasteiger charge is -2.25. The standard InChI is InChI=1S/C24H22ClN3O3/c1-16(2)28(14-22-26-24(27-31-22)18-10-12-19(25)13-11-18)23(29)15-30-21-9-5-7-17-6-3-4-8-20(17)21/h3-13,16H,14-15H2,1-2H3. The number of nitrogens with zero attached hydrogens (tertiary/aromatic N) is 3. The van der Waals surface area contributed by atoms with Crippen LogP contribution in [0.2, 0.25) is 5.02 Å². The minimum absolute atomic E-state index is 0.0606. The first-order valence-corrected chi connectivity index (χ1v) is 10.4. The second kappa shape index (κ2) is 9.18. The molecule has 3 aromatic carbocycles. The minimum Gasteiger partial charge on any atom is -0.483 e. The molecule has 6 nitrogen and oxygen atoms in total. The van der Waals surface area contributed by atoms with Gasteiger partial charge in [-0.05, 0) is 49.6 Å². The summed E-state index contributed by atoms with van der Waals surface area (Å²) in [4.78, 5) is 19.0. The molecule has 0 bridgehead atoms. The van der Waals surface area contributed by atoms with Gasteiger partial charge in [-0.25, -0.2) is 0 Å². The number of amides is 1. The summed E-state index contributed by atoms with van der Waals surface area (Å²) in [7, 11) is 0. The second-order valence-electron chi connectivity index (χ2n) is 7.40. The van der Waals surface area contributed by atoms with E-state index >= 15 is 0 Å². The zero-order valence-electron chi connectivity index (χ0n) is 17.3. The van der Waals surface area contributed by atoms with Crippen LogP contribution in [-0.4, -0.2) is 33.6 Å². The van der Waals surface area contributed by atoms with Crippen LogP contribution in [0.4, 0.5) is 0 Å². The highest BCUT2D eigenvalue weighted by atomic mass is 35.5. The molecule has 0 atom stereocenters. The molecule has 31 heavy (non-hydrogen) atoms. The predicted molar refractivity (Wildman–Crippen MR) is 120 cm³/mol. The molecule has 4 aromatic rings. The Bertz CT molecular complexity index is 1180. The second-order valence-corrected chi connectivity index (χ2v) is 7.84. The molecule has 0 aliphatic carbocycles. The molecule has 1 amide bonds. The normalized spacial score (nSPS) is 11.1. The van der Waals surface area contributed by atoms with Gasteiger partial charge in [0.2, 0.25) is 11.7 Å². The summed E-state index contributed by atoms with van der Waals surface area (Å²) in [5, 5.41) is 6.69. The van der Waals surface area contributed by atoms with Gasteiger partial charge in [-0.2, -0.15) is 4.98 Å². The largest absolute Gasteiger partial charge is 0.483 e. The van der Waals surface area contributed by atoms with Crippen molar-refractivity contribution in [3.05, 3.63) is 77.6 Å². The highest BCUT2D eigenvalue weighted by molar-refractivity contribution is 6.30. The molecule has 7 heteroatoms. The third-order valence-electron chi connectivity index (χ3n) is 4.92. The van der Waals surface area contributed by atoms with Crippen molar-refractivity contribution in [2.75, 3.05) is 6.61 Å². The summed E-state index contributed by atoms with van der Waals surface area (Å²) in [6.45, 7) is 4.00. The van der Waals surface area contributed by atoms with Crippen LogP contribution in [0.1, 0.15) is 19.7 Å². The fourth-order valence-corrected chi connectivity index (χ4v) is 3.41. The Morgan fingerprint density at radius 2 is 1.81 bits per heavy atom. The van der Waals surface area contributed by atoms with E-state index < -0.39 is 0 Å². The van der Waals surface area contributed by atoms with E-state index in [-0.39, 0.29) is 25.1 Å². The van der Waals surface area contributed by atoms with Gasteiger partial charge in [-0.1, -0.05) is 53.2 Å². The van der Waals surface area contributed by atoms with Crippen LogP contribution < -0.4 is 4.74 Å². The molecule has 0 radical (unpaired) electrons. The van der Waals surface area contributed by atoms with E-state index in [1.54, 1.807) is 17.0 Å². The van der Waals surface area contributed by atoms with E-state index in [9.17, 15) is 4.79 Å². The third kappa shape index (κ3) is 4.86. The van der Waals surface area contributed by atoms with Crippen LogP contribution in [0.15, 0.2) is 71.3 Å². The SMILES string of the molecule is CC(C)N(Cc1nc(-c2ccc(Cl)cc2)no1)C(=O)COc1cccc2ccccc12. The van der Waals surface area contributed by atoms with Crippen LogP contribution in [-0.2, 0) is 11.3 Å². The first-order valence-electron chi connectivity index (χ1n) is 10.00. The fraction of sp³-hybridized carbons (Fsp3) is 0.208. The lowest BCUT2D eigenvalue weighted by Crippen LogP contribution is -2.39. The maximum Gasteiger partial charge on any atom is 0.261 e. The van der Waals surface area contributed by atoms with Gasteiger partial charge < -0.3 is 14.2 Å². The van der Waals surface area contributed by atoms with Gasteiger partial charge >= 0.3 is 0 Å². The average molecular weight is 436 g/mol. The summed E-state index contributed by atoms with van der Waals surface area (Å²) in [6.07, 6.45) is 0. The molecule has 158 valence electrons. The molecule has 0 aliphatic rings. The lowest BCUT2D eigenvalue weighted by atomic mass is 10.1. The van der Waals surface area contributed by atoms with Gasteiger partial charge in [-0.3, -0.25) is 4.79 Å². The molecule has 0 spiro atoms. The highest BCUT2D eigenvalue weighted by Gasteiger charge is 2.21. The minimum atomic E-state index is -0.158. The van der Waals surface area contributed by atoms with Gasteiger partial charge in [0.15, 0.2) is 6.61 Å². The first-order chi connectivity index (χ1) is 15.0. The Kier molecular flexibility index (Phi) is 6.18. The van der Waals surface area contributed by atoms with Crippen molar-refractivity contribution >= 4 is 28.3 Å². The molecule has 0 fully saturated rings. The number of ether oxygens (including phenoxy) is 1. The molecule has 0 saturated heterocycles. The smallest absolute Gasteiger partial charge is 0.261 e. The van der Waals surface area contributed by atoms with Gasteiger partial charge in [0.1, 0.15) is 12.3 Å². The van der Waals surface area contributed by atoms with E-state index in [0.717, 1.165) is 16.3 Å². The summed E-state index contributed by atoms with van der Waals surface area (Å²) in [5.74, 6) is 1.33. The number of carbonyl (C=O) groups is 1. The quantitative estimate of drug-likeness (QED) is 0.391. The monoisotopic (exact) mass is 435 g/mol. The molecular weight excluding hydrogens is 414 g/mol. The van der Waals surface area contributed by atoms with Crippen LogP contribution in [0.5, 0.6) is 5.75 Å². The molecule has 0 unspecified atom stereocenters. The Hall–Kier alpha value is -3.38. The van der Waals surface area contributed by atoms with E-state index in [2.05, 4.69) is 10.1 Å². The van der Waals surface area contributed by atoms with Gasteiger partial charge in [0, 0.05) is 22.0 Å². The van der Waals surface area contributed by atoms with Gasteiger partial charge in [-0.15, -0.1) is 0 Å². The molecule has 4 rings (SSSR count). The van der Waals surface area contributed by atoms with Gasteiger partial charge in [0.25, 0.3) is 5.91 Å². The Labute approximate surface area is 185 Å². The molecular formula is C24H22ClN3O3. The molecule has 0 saturated carbocycles. The zero-order valence-corrected chi connectivity index (χ0v) is 18.0. The predicted octanol–water partition coefficient (Wildman–Crippen LogP) is 5.36. The molecule has 0 aliphatic heterocycles. The van der Waals surface area contributed by atoms with Crippen molar-refractivity contribution in [1.82, 2.24) is 15.0 Å². The summed E-state index contributed by atoms with van der Waals surface area (Å²) in [6, 6.07) is 20.8. The molecule has 1 aromatic heterocycles. The summed E-state index contributed by atoms with van der Waals surface area (Å²) in [5.41, 5.74) is 0.793. The molecule has 0 N–H and O–H groups in total. The van der Waals surface area contributed by atoms with Crippen LogP contribution in [0, 0.1) is 0 Å². The van der Waals surface area contributed by atoms with E-state index in [4.69, 9.17) is 20.9 Å². The summed E-state index contributed by atoms with van der Waals surface area (Å²) < 4.78 is 11.2. The van der Waals surface area contributed by atoms with Crippen molar-refractivity contribution in [2.45, 2.75) is 26.4 Å². The number of fused-ring (bicyclic) bond motifs is 1. The highest BCUT2D eigenvalue weighted by Crippen LogP contribution is 2.25. The first kappa shape index (κ1) is 20.9. The average Bonchev–Trinajstić information content (AvgIpc) is 3.25. The number of carbonyl (C=O) groups excluding carboxylic acids is 1. The third-order valence-corrected chi connectivity index (χ3v) is 5.17. The number of benzene rings is 3. The van der Waals surface area contributed by atoms with Crippen molar-refractivity contribution < 1.29 is 14.1 Å². The Morgan fingerprint density at radius 3 is 2.58 bits per heavy atom. The Morgan fingerprint density at radius 1 is 1.06 bits per heavy atom. The lowest BCUT2D eigenvalue weighted by molar-refractivity contribution is -0.136. The van der Waals surface area contributed by atoms with Crippen LogP contribution >= 0.6 is 11.6 Å². The van der Waals surface area contributed by atoms with Crippen LogP contribution in [0.25, 0.3) is 22.2 Å². The fourth-order valence-electron chi connectivity index (χ4n) is 3.28. The van der Waals surface area contributed by atoms with E-state index in [1.165, 1.54) is 0 Å². The number of halogens is 1. The van der Waals surface area contributed by atoms with E-state index in [0.29, 0.717) is 22.5 Å². The molecule has 1 heterocycles. The zero-order chi connectivity index (χ0) is 21.8. The van der Waals surface area contributed by atoms with Gasteiger partial charge in [0.05, 0.1) is 0 Å². The Balaban J connectivity index is 1.45. The number of aromatic nitrogens is 2. The van der Waals surface area contributed by atoms with Crippen molar-refractivity contribution in [3.8, 4) is 17.1 Å². The maximum atomic E-state index is 12.9. The van der Waals surface area contributed by atoms with Crippen molar-refractivity contribution in [1.29, 1.82) is 0 Å². The topological polar surface area (TPSA) is 68.5 Å². The number of hydrogen-bond acceptors (Lipinski definition) is 5. The van der Waals surface area contributed by atoms with Crippen molar-refractivity contribution in [3.63, 3.8) is 0 Å².